The second-order valence-electron chi connectivity index (χ2n) is 5.91. The van der Waals surface area contributed by atoms with E-state index >= 15 is 0 Å². The maximum absolute atomic E-state index is 13.1. The van der Waals surface area contributed by atoms with Crippen molar-refractivity contribution in [2.24, 2.45) is 7.05 Å². The molecule has 5 nitrogen and oxygen atoms in total. The highest BCUT2D eigenvalue weighted by atomic mass is 35.5. The highest BCUT2D eigenvalue weighted by molar-refractivity contribution is 6.50. The second-order valence-corrected chi connectivity index (χ2v) is 6.75. The van der Waals surface area contributed by atoms with E-state index in [1.165, 1.54) is 29.9 Å². The van der Waals surface area contributed by atoms with Crippen LogP contribution in [-0.2, 0) is 7.05 Å². The van der Waals surface area contributed by atoms with Crippen LogP contribution in [0.2, 0.25) is 10.0 Å². The van der Waals surface area contributed by atoms with Crippen molar-refractivity contribution in [2.45, 2.75) is 6.92 Å². The van der Waals surface area contributed by atoms with Gasteiger partial charge in [-0.25, -0.2) is 0 Å². The molecule has 0 fully saturated rings. The van der Waals surface area contributed by atoms with Crippen LogP contribution in [0.15, 0.2) is 48.5 Å². The molecule has 1 heterocycles. The summed E-state index contributed by atoms with van der Waals surface area (Å²) in [6.45, 7) is 1.60. The molecule has 27 heavy (non-hydrogen) atoms. The Labute approximate surface area is 165 Å². The molecule has 0 saturated heterocycles. The van der Waals surface area contributed by atoms with Gasteiger partial charge in [-0.2, -0.15) is 5.10 Å². The Kier molecular flexibility index (Phi) is 5.26. The highest BCUT2D eigenvalue weighted by Crippen LogP contribution is 2.26. The first-order valence-corrected chi connectivity index (χ1v) is 8.74. The number of aromatic nitrogens is 2. The fourth-order valence-electron chi connectivity index (χ4n) is 2.83. The van der Waals surface area contributed by atoms with E-state index in [1.54, 1.807) is 37.3 Å². The maximum atomic E-state index is 13.1. The summed E-state index contributed by atoms with van der Waals surface area (Å²) in [7, 11) is 1.51. The minimum Gasteiger partial charge on any atom is -0.288 e. The molecule has 0 spiro atoms. The van der Waals surface area contributed by atoms with E-state index in [2.05, 4.69) is 5.10 Å². The van der Waals surface area contributed by atoms with Crippen LogP contribution in [-0.4, -0.2) is 27.1 Å². The lowest BCUT2D eigenvalue weighted by Crippen LogP contribution is -2.21. The van der Waals surface area contributed by atoms with E-state index < -0.39 is 17.3 Å². The van der Waals surface area contributed by atoms with E-state index in [0.717, 1.165) is 0 Å². The zero-order valence-corrected chi connectivity index (χ0v) is 16.0. The fraction of sp³-hybridized carbons (Fsp3) is 0.100. The molecule has 0 aliphatic carbocycles. The number of carbonyl (C=O) groups excluding carboxylic acids is 3. The number of halogens is 2. The first-order chi connectivity index (χ1) is 12.8. The smallest absolute Gasteiger partial charge is 0.252 e. The molecule has 3 aromatic rings. The Hall–Kier alpha value is -2.76. The Bertz CT molecular complexity index is 1070. The van der Waals surface area contributed by atoms with Crippen molar-refractivity contribution in [2.75, 3.05) is 0 Å². The van der Waals surface area contributed by atoms with Crippen molar-refractivity contribution >= 4 is 40.6 Å². The average molecular weight is 401 g/mol. The molecule has 0 amide bonds. The summed E-state index contributed by atoms with van der Waals surface area (Å²) in [5, 5.41) is 4.70. The van der Waals surface area contributed by atoms with Gasteiger partial charge in [0.15, 0.2) is 5.78 Å². The number of aryl methyl sites for hydroxylation is 2. The Morgan fingerprint density at radius 2 is 1.63 bits per heavy atom. The zero-order valence-electron chi connectivity index (χ0n) is 14.5. The van der Waals surface area contributed by atoms with Gasteiger partial charge in [-0.1, -0.05) is 53.5 Å². The molecule has 0 radical (unpaired) electrons. The third kappa shape index (κ3) is 3.56. The molecule has 136 valence electrons. The van der Waals surface area contributed by atoms with Crippen molar-refractivity contribution in [1.29, 1.82) is 0 Å². The summed E-state index contributed by atoms with van der Waals surface area (Å²) >= 11 is 12.0. The molecule has 0 aliphatic heterocycles. The van der Waals surface area contributed by atoms with E-state index in [-0.39, 0.29) is 27.4 Å². The predicted molar refractivity (Wildman–Crippen MR) is 103 cm³/mol. The van der Waals surface area contributed by atoms with Gasteiger partial charge in [0.2, 0.25) is 5.78 Å². The number of carbonyl (C=O) groups is 3. The topological polar surface area (TPSA) is 69.0 Å². The Morgan fingerprint density at radius 1 is 0.963 bits per heavy atom. The first kappa shape index (κ1) is 19.0. The lowest BCUT2D eigenvalue weighted by molar-refractivity contribution is 0.0809. The molecule has 0 aliphatic rings. The molecular weight excluding hydrogens is 387 g/mol. The van der Waals surface area contributed by atoms with Gasteiger partial charge in [0.05, 0.1) is 16.3 Å². The Balaban J connectivity index is 2.09. The predicted octanol–water partition coefficient (Wildman–Crippen LogP) is 4.33. The Morgan fingerprint density at radius 3 is 2.26 bits per heavy atom. The van der Waals surface area contributed by atoms with Crippen LogP contribution >= 0.6 is 23.2 Å². The summed E-state index contributed by atoms with van der Waals surface area (Å²) < 4.78 is 1.25. The number of ketones is 3. The van der Waals surface area contributed by atoms with E-state index in [4.69, 9.17) is 23.2 Å². The molecule has 0 unspecified atom stereocenters. The van der Waals surface area contributed by atoms with Crippen molar-refractivity contribution in [3.63, 3.8) is 0 Å². The number of Topliss-reactive ketones (excluding diaryl/α,β-unsaturated/α-hetero) is 2. The minimum atomic E-state index is -0.808. The maximum Gasteiger partial charge on any atom is 0.252 e. The molecule has 0 bridgehead atoms. The fourth-order valence-corrected chi connectivity index (χ4v) is 3.32. The third-order valence-electron chi connectivity index (χ3n) is 4.08. The van der Waals surface area contributed by atoms with Gasteiger partial charge in [0.1, 0.15) is 5.69 Å². The van der Waals surface area contributed by atoms with E-state index in [9.17, 15) is 14.4 Å². The van der Waals surface area contributed by atoms with Crippen LogP contribution in [0.3, 0.4) is 0 Å². The minimum absolute atomic E-state index is 0.0519. The number of rotatable bonds is 5. The van der Waals surface area contributed by atoms with Crippen molar-refractivity contribution in [3.05, 3.63) is 86.7 Å². The summed E-state index contributed by atoms with van der Waals surface area (Å²) in [5.41, 5.74) is 0.730. The van der Waals surface area contributed by atoms with Crippen LogP contribution in [0.1, 0.15) is 42.5 Å². The van der Waals surface area contributed by atoms with Gasteiger partial charge in [-0.3, -0.25) is 19.1 Å². The molecule has 2 aromatic carbocycles. The van der Waals surface area contributed by atoms with Crippen LogP contribution in [0.5, 0.6) is 0 Å². The van der Waals surface area contributed by atoms with E-state index in [0.29, 0.717) is 10.7 Å². The summed E-state index contributed by atoms with van der Waals surface area (Å²) in [6.07, 6.45) is 0. The van der Waals surface area contributed by atoms with Gasteiger partial charge in [0, 0.05) is 23.2 Å². The van der Waals surface area contributed by atoms with Gasteiger partial charge >= 0.3 is 0 Å². The SMILES string of the molecule is Cc1nn(C)c(C(=O)C(=O)c2ccccc2)c1C(=O)c1ccc(Cl)cc1Cl. The zero-order chi connectivity index (χ0) is 19.7. The average Bonchev–Trinajstić information content (AvgIpc) is 2.94. The van der Waals surface area contributed by atoms with Crippen LogP contribution in [0.4, 0.5) is 0 Å². The van der Waals surface area contributed by atoms with E-state index in [1.807, 2.05) is 0 Å². The number of nitrogens with zero attached hydrogens (tertiary/aromatic N) is 2. The number of hydrogen-bond donors (Lipinski definition) is 0. The quantitative estimate of drug-likeness (QED) is 0.471. The van der Waals surface area contributed by atoms with Gasteiger partial charge in [0.25, 0.3) is 5.78 Å². The number of hydrogen-bond acceptors (Lipinski definition) is 4. The summed E-state index contributed by atoms with van der Waals surface area (Å²) in [5.74, 6) is -2.01. The standard InChI is InChI=1S/C20H14Cl2N2O3/c1-11-16(19(26)14-9-8-13(21)10-15(14)22)17(24(2)23-11)20(27)18(25)12-6-4-3-5-7-12/h3-10H,1-2H3. The van der Waals surface area contributed by atoms with Crippen molar-refractivity contribution < 1.29 is 14.4 Å². The van der Waals surface area contributed by atoms with Gasteiger partial charge in [-0.15, -0.1) is 0 Å². The lowest BCUT2D eigenvalue weighted by Gasteiger charge is -2.07. The normalized spacial score (nSPS) is 10.7. The van der Waals surface area contributed by atoms with Crippen molar-refractivity contribution in [1.82, 2.24) is 9.78 Å². The van der Waals surface area contributed by atoms with Crippen LogP contribution in [0, 0.1) is 6.92 Å². The molecule has 0 N–H and O–H groups in total. The monoisotopic (exact) mass is 400 g/mol. The molecule has 7 heteroatoms. The van der Waals surface area contributed by atoms with Crippen LogP contribution in [0.25, 0.3) is 0 Å². The lowest BCUT2D eigenvalue weighted by atomic mass is 9.96. The largest absolute Gasteiger partial charge is 0.288 e. The molecule has 0 saturated carbocycles. The van der Waals surface area contributed by atoms with Crippen LogP contribution < -0.4 is 0 Å². The highest BCUT2D eigenvalue weighted by Gasteiger charge is 2.31. The number of benzene rings is 2. The summed E-state index contributed by atoms with van der Waals surface area (Å²) in [4.78, 5) is 38.5. The van der Waals surface area contributed by atoms with Gasteiger partial charge < -0.3 is 0 Å². The van der Waals surface area contributed by atoms with Crippen molar-refractivity contribution in [3.8, 4) is 0 Å². The summed E-state index contributed by atoms with van der Waals surface area (Å²) in [6, 6.07) is 12.6. The van der Waals surface area contributed by atoms with Gasteiger partial charge in [-0.05, 0) is 25.1 Å². The second kappa shape index (κ2) is 7.47. The first-order valence-electron chi connectivity index (χ1n) is 7.98. The molecule has 0 atom stereocenters. The third-order valence-corrected chi connectivity index (χ3v) is 4.63. The molecular formula is C20H14Cl2N2O3. The molecule has 3 rings (SSSR count). The molecule has 1 aromatic heterocycles.